The fraction of sp³-hybridized carbons (Fsp3) is 0.200. The Morgan fingerprint density at radius 3 is 2.69 bits per heavy atom. The van der Waals surface area contributed by atoms with E-state index in [4.69, 9.17) is 0 Å². The van der Waals surface area contributed by atoms with Gasteiger partial charge < -0.3 is 4.98 Å². The van der Waals surface area contributed by atoms with E-state index >= 15 is 0 Å². The summed E-state index contributed by atoms with van der Waals surface area (Å²) in [6.45, 7) is 4.38. The summed E-state index contributed by atoms with van der Waals surface area (Å²) in [6.07, 6.45) is 1.08. The van der Waals surface area contributed by atoms with E-state index in [1.165, 1.54) is 32.9 Å². The molecule has 0 aliphatic carbocycles. The lowest BCUT2D eigenvalue weighted by Crippen LogP contribution is -1.81. The lowest BCUT2D eigenvalue weighted by atomic mass is 10.0. The molecule has 0 fully saturated rings. The van der Waals surface area contributed by atoms with Crippen molar-refractivity contribution in [3.8, 4) is 0 Å². The van der Waals surface area contributed by atoms with Crippen molar-refractivity contribution in [2.24, 2.45) is 0 Å². The van der Waals surface area contributed by atoms with Crippen LogP contribution in [0.25, 0.3) is 21.7 Å². The Hall–Kier alpha value is -1.76. The van der Waals surface area contributed by atoms with Crippen LogP contribution < -0.4 is 0 Å². The summed E-state index contributed by atoms with van der Waals surface area (Å²) in [4.78, 5) is 3.47. The first-order valence-corrected chi connectivity index (χ1v) is 5.80. The number of nitrogens with one attached hydrogen (secondary N) is 1. The SMILES string of the molecule is CCc1c(C)[nH]c2ccc3ccccc3c12. The number of aromatic nitrogens is 1. The first-order chi connectivity index (χ1) is 7.81. The number of fused-ring (bicyclic) bond motifs is 3. The zero-order chi connectivity index (χ0) is 11.1. The number of rotatable bonds is 1. The molecule has 80 valence electrons. The van der Waals surface area contributed by atoms with Crippen molar-refractivity contribution < 1.29 is 0 Å². The molecule has 1 aromatic heterocycles. The molecular formula is C15H15N. The Labute approximate surface area is 95.1 Å². The second-order valence-electron chi connectivity index (χ2n) is 4.29. The molecule has 0 radical (unpaired) electrons. The molecule has 0 unspecified atom stereocenters. The maximum atomic E-state index is 3.47. The van der Waals surface area contributed by atoms with Gasteiger partial charge in [-0.2, -0.15) is 0 Å². The van der Waals surface area contributed by atoms with Crippen LogP contribution in [-0.4, -0.2) is 4.98 Å². The Kier molecular flexibility index (Phi) is 2.00. The normalized spacial score (nSPS) is 11.4. The molecule has 16 heavy (non-hydrogen) atoms. The smallest absolute Gasteiger partial charge is 0.0465 e. The molecule has 0 spiro atoms. The summed E-state index contributed by atoms with van der Waals surface area (Å²) in [7, 11) is 0. The second-order valence-corrected chi connectivity index (χ2v) is 4.29. The number of H-pyrrole nitrogens is 1. The van der Waals surface area contributed by atoms with Crippen molar-refractivity contribution in [1.29, 1.82) is 0 Å². The standard InChI is InChI=1S/C15H15N/c1-3-12-10(2)16-14-9-8-11-6-4-5-7-13(11)15(12)14/h4-9,16H,3H2,1-2H3. The fourth-order valence-electron chi connectivity index (χ4n) is 2.61. The van der Waals surface area contributed by atoms with Gasteiger partial charge >= 0.3 is 0 Å². The van der Waals surface area contributed by atoms with Crippen LogP contribution in [0.1, 0.15) is 18.2 Å². The highest BCUT2D eigenvalue weighted by Crippen LogP contribution is 2.30. The summed E-state index contributed by atoms with van der Waals surface area (Å²) < 4.78 is 0. The minimum atomic E-state index is 1.08. The van der Waals surface area contributed by atoms with Crippen LogP contribution >= 0.6 is 0 Å². The molecule has 0 saturated heterocycles. The monoisotopic (exact) mass is 209 g/mol. The predicted molar refractivity (Wildman–Crippen MR) is 69.9 cm³/mol. The van der Waals surface area contributed by atoms with Gasteiger partial charge in [0.1, 0.15) is 0 Å². The van der Waals surface area contributed by atoms with Crippen LogP contribution in [0, 0.1) is 6.92 Å². The lowest BCUT2D eigenvalue weighted by Gasteiger charge is -2.01. The molecular weight excluding hydrogens is 194 g/mol. The molecule has 0 saturated carbocycles. The molecule has 0 aliphatic heterocycles. The first-order valence-electron chi connectivity index (χ1n) is 5.80. The van der Waals surface area contributed by atoms with E-state index in [1.54, 1.807) is 0 Å². The highest BCUT2D eigenvalue weighted by atomic mass is 14.7. The number of aryl methyl sites for hydroxylation is 2. The zero-order valence-electron chi connectivity index (χ0n) is 9.67. The summed E-state index contributed by atoms with van der Waals surface area (Å²) in [5.41, 5.74) is 4.01. The molecule has 3 rings (SSSR count). The van der Waals surface area contributed by atoms with Gasteiger partial charge in [-0.15, -0.1) is 0 Å². The maximum absolute atomic E-state index is 3.47. The fourth-order valence-corrected chi connectivity index (χ4v) is 2.61. The molecule has 1 heteroatoms. The largest absolute Gasteiger partial charge is 0.358 e. The first kappa shape index (κ1) is 9.46. The number of benzene rings is 2. The lowest BCUT2D eigenvalue weighted by molar-refractivity contribution is 1.11. The topological polar surface area (TPSA) is 15.8 Å². The van der Waals surface area contributed by atoms with Gasteiger partial charge in [-0.1, -0.05) is 37.3 Å². The molecule has 1 N–H and O–H groups in total. The minimum Gasteiger partial charge on any atom is -0.358 e. The van der Waals surface area contributed by atoms with Crippen molar-refractivity contribution in [3.05, 3.63) is 47.7 Å². The van der Waals surface area contributed by atoms with E-state index < -0.39 is 0 Å². The van der Waals surface area contributed by atoms with Crippen molar-refractivity contribution >= 4 is 21.7 Å². The van der Waals surface area contributed by atoms with Crippen molar-refractivity contribution in [1.82, 2.24) is 4.98 Å². The second kappa shape index (κ2) is 3.38. The van der Waals surface area contributed by atoms with Crippen LogP contribution in [0.3, 0.4) is 0 Å². The van der Waals surface area contributed by atoms with E-state index in [9.17, 15) is 0 Å². The molecule has 1 heterocycles. The third-order valence-electron chi connectivity index (χ3n) is 3.36. The molecule has 0 atom stereocenters. The summed E-state index contributed by atoms with van der Waals surface area (Å²) in [5, 5.41) is 4.09. The third kappa shape index (κ3) is 1.18. The molecule has 0 aliphatic rings. The summed E-state index contributed by atoms with van der Waals surface area (Å²) in [6, 6.07) is 13.0. The number of hydrogen-bond acceptors (Lipinski definition) is 0. The van der Waals surface area contributed by atoms with Crippen LogP contribution in [0.5, 0.6) is 0 Å². The van der Waals surface area contributed by atoms with Crippen LogP contribution in [0.4, 0.5) is 0 Å². The van der Waals surface area contributed by atoms with Gasteiger partial charge in [-0.3, -0.25) is 0 Å². The molecule has 0 bridgehead atoms. The van der Waals surface area contributed by atoms with Crippen LogP contribution in [0.2, 0.25) is 0 Å². The van der Waals surface area contributed by atoms with Crippen molar-refractivity contribution in [3.63, 3.8) is 0 Å². The number of aromatic amines is 1. The van der Waals surface area contributed by atoms with Crippen molar-refractivity contribution in [2.75, 3.05) is 0 Å². The molecule has 2 aromatic carbocycles. The van der Waals surface area contributed by atoms with E-state index in [1.807, 2.05) is 0 Å². The maximum Gasteiger partial charge on any atom is 0.0465 e. The van der Waals surface area contributed by atoms with Crippen molar-refractivity contribution in [2.45, 2.75) is 20.3 Å². The number of hydrogen-bond donors (Lipinski definition) is 1. The quantitative estimate of drug-likeness (QED) is 0.618. The average Bonchev–Trinajstić information content (AvgIpc) is 2.65. The Morgan fingerprint density at radius 2 is 1.88 bits per heavy atom. The average molecular weight is 209 g/mol. The molecule has 3 aromatic rings. The van der Waals surface area contributed by atoms with Crippen LogP contribution in [-0.2, 0) is 6.42 Å². The van der Waals surface area contributed by atoms with Gasteiger partial charge in [0.25, 0.3) is 0 Å². The highest BCUT2D eigenvalue weighted by Gasteiger charge is 2.09. The van der Waals surface area contributed by atoms with E-state index in [0.29, 0.717) is 0 Å². The predicted octanol–water partition coefficient (Wildman–Crippen LogP) is 4.19. The van der Waals surface area contributed by atoms with Gasteiger partial charge in [-0.05, 0) is 35.7 Å². The van der Waals surface area contributed by atoms with Gasteiger partial charge in [0, 0.05) is 16.6 Å². The third-order valence-corrected chi connectivity index (χ3v) is 3.36. The summed E-state index contributed by atoms with van der Waals surface area (Å²) >= 11 is 0. The van der Waals surface area contributed by atoms with E-state index in [2.05, 4.69) is 55.2 Å². The Balaban J connectivity index is 2.57. The van der Waals surface area contributed by atoms with Gasteiger partial charge in [-0.25, -0.2) is 0 Å². The van der Waals surface area contributed by atoms with Gasteiger partial charge in [0.15, 0.2) is 0 Å². The van der Waals surface area contributed by atoms with E-state index in [0.717, 1.165) is 6.42 Å². The minimum absolute atomic E-state index is 1.08. The summed E-state index contributed by atoms with van der Waals surface area (Å²) in [5.74, 6) is 0. The van der Waals surface area contributed by atoms with Gasteiger partial charge in [0.05, 0.1) is 0 Å². The zero-order valence-corrected chi connectivity index (χ0v) is 9.67. The molecule has 1 nitrogen and oxygen atoms in total. The molecule has 0 amide bonds. The highest BCUT2D eigenvalue weighted by molar-refractivity contribution is 6.08. The Morgan fingerprint density at radius 1 is 1.06 bits per heavy atom. The van der Waals surface area contributed by atoms with E-state index in [-0.39, 0.29) is 0 Å². The van der Waals surface area contributed by atoms with Crippen LogP contribution in [0.15, 0.2) is 36.4 Å². The Bertz CT molecular complexity index is 662. The van der Waals surface area contributed by atoms with Gasteiger partial charge in [0.2, 0.25) is 0 Å².